The smallest absolute Gasteiger partial charge is 0.0596 e. The van der Waals surface area contributed by atoms with Crippen molar-refractivity contribution in [1.29, 1.82) is 0 Å². The van der Waals surface area contributed by atoms with Crippen molar-refractivity contribution in [3.63, 3.8) is 0 Å². The topological polar surface area (TPSA) is 38.0 Å². The Hall–Kier alpha value is -0.0900. The van der Waals surface area contributed by atoms with Crippen LogP contribution in [0, 0.1) is 5.92 Å². The van der Waals surface area contributed by atoms with Crippen LogP contribution in [0.1, 0.15) is 31.9 Å². The highest BCUT2D eigenvalue weighted by Gasteiger charge is 2.15. The minimum absolute atomic E-state index is 0.106. The van der Waals surface area contributed by atoms with Crippen LogP contribution < -0.4 is 11.3 Å². The third-order valence-electron chi connectivity index (χ3n) is 2.27. The molecule has 0 aliphatic carbocycles. The minimum Gasteiger partial charge on any atom is -0.271 e. The fourth-order valence-electron chi connectivity index (χ4n) is 1.55. The van der Waals surface area contributed by atoms with Crippen LogP contribution in [0.15, 0.2) is 22.7 Å². The fourth-order valence-corrected chi connectivity index (χ4v) is 2.19. The SMILES string of the molecule is CC(C)CC(NN)c1cccc(Br)c1Cl. The van der Waals surface area contributed by atoms with E-state index >= 15 is 0 Å². The summed E-state index contributed by atoms with van der Waals surface area (Å²) in [5.74, 6) is 6.12. The van der Waals surface area contributed by atoms with E-state index in [9.17, 15) is 0 Å². The van der Waals surface area contributed by atoms with E-state index in [2.05, 4.69) is 35.2 Å². The molecule has 0 aliphatic rings. The van der Waals surface area contributed by atoms with Gasteiger partial charge in [0, 0.05) is 10.5 Å². The molecule has 0 heterocycles. The highest BCUT2D eigenvalue weighted by molar-refractivity contribution is 9.10. The van der Waals surface area contributed by atoms with E-state index in [1.54, 1.807) is 0 Å². The first-order valence-corrected chi connectivity index (χ1v) is 6.13. The number of benzene rings is 1. The second kappa shape index (κ2) is 5.85. The summed E-state index contributed by atoms with van der Waals surface area (Å²) in [5, 5.41) is 0.737. The molecule has 2 nitrogen and oxygen atoms in total. The molecular formula is C11H16BrClN2. The molecule has 0 radical (unpaired) electrons. The second-order valence-electron chi connectivity index (χ2n) is 3.99. The van der Waals surface area contributed by atoms with Crippen LogP contribution in [-0.4, -0.2) is 0 Å². The molecule has 0 aromatic heterocycles. The Morgan fingerprint density at radius 2 is 2.13 bits per heavy atom. The van der Waals surface area contributed by atoms with E-state index in [1.807, 2.05) is 18.2 Å². The predicted octanol–water partition coefficient (Wildman–Crippen LogP) is 3.65. The summed E-state index contributed by atoms with van der Waals surface area (Å²) in [6.45, 7) is 4.33. The van der Waals surface area contributed by atoms with Crippen molar-refractivity contribution in [1.82, 2.24) is 5.43 Å². The van der Waals surface area contributed by atoms with Crippen LogP contribution >= 0.6 is 27.5 Å². The van der Waals surface area contributed by atoms with Crippen LogP contribution in [-0.2, 0) is 0 Å². The molecule has 0 saturated carbocycles. The van der Waals surface area contributed by atoms with Gasteiger partial charge in [0.25, 0.3) is 0 Å². The van der Waals surface area contributed by atoms with Gasteiger partial charge in [-0.1, -0.05) is 37.6 Å². The zero-order valence-electron chi connectivity index (χ0n) is 8.93. The van der Waals surface area contributed by atoms with E-state index in [-0.39, 0.29) is 6.04 Å². The van der Waals surface area contributed by atoms with Crippen molar-refractivity contribution in [2.75, 3.05) is 0 Å². The molecule has 1 aromatic rings. The zero-order valence-corrected chi connectivity index (χ0v) is 11.3. The first kappa shape index (κ1) is 13.0. The molecule has 0 fully saturated rings. The highest BCUT2D eigenvalue weighted by atomic mass is 79.9. The molecule has 1 aromatic carbocycles. The van der Waals surface area contributed by atoms with Crippen molar-refractivity contribution in [2.45, 2.75) is 26.3 Å². The summed E-state index contributed by atoms with van der Waals surface area (Å²) in [7, 11) is 0. The maximum Gasteiger partial charge on any atom is 0.0596 e. The lowest BCUT2D eigenvalue weighted by Gasteiger charge is -2.20. The standard InChI is InChI=1S/C11H16BrClN2/c1-7(2)6-10(15-14)8-4-3-5-9(12)11(8)13/h3-5,7,10,15H,6,14H2,1-2H3. The summed E-state index contributed by atoms with van der Waals surface area (Å²) in [4.78, 5) is 0. The molecule has 15 heavy (non-hydrogen) atoms. The third-order valence-corrected chi connectivity index (χ3v) is 3.58. The minimum atomic E-state index is 0.106. The van der Waals surface area contributed by atoms with Crippen LogP contribution in [0.5, 0.6) is 0 Å². The summed E-state index contributed by atoms with van der Waals surface area (Å²) in [5.41, 5.74) is 3.86. The van der Waals surface area contributed by atoms with Gasteiger partial charge in [-0.15, -0.1) is 0 Å². The molecule has 3 N–H and O–H groups in total. The maximum atomic E-state index is 6.21. The van der Waals surface area contributed by atoms with Gasteiger partial charge in [-0.3, -0.25) is 11.3 Å². The molecule has 84 valence electrons. The van der Waals surface area contributed by atoms with Gasteiger partial charge in [-0.25, -0.2) is 0 Å². The van der Waals surface area contributed by atoms with E-state index in [0.29, 0.717) is 5.92 Å². The molecule has 4 heteroatoms. The number of nitrogens with one attached hydrogen (secondary N) is 1. The average molecular weight is 292 g/mol. The Morgan fingerprint density at radius 1 is 1.47 bits per heavy atom. The van der Waals surface area contributed by atoms with Crippen molar-refractivity contribution in [3.8, 4) is 0 Å². The van der Waals surface area contributed by atoms with Crippen LogP contribution in [0.25, 0.3) is 0 Å². The Balaban J connectivity index is 2.96. The highest BCUT2D eigenvalue weighted by Crippen LogP contribution is 2.32. The number of rotatable bonds is 4. The van der Waals surface area contributed by atoms with Gasteiger partial charge in [-0.05, 0) is 39.9 Å². The Labute approximate surface area is 104 Å². The number of nitrogens with two attached hydrogens (primary N) is 1. The molecule has 1 atom stereocenters. The first-order chi connectivity index (χ1) is 7.06. The average Bonchev–Trinajstić information content (AvgIpc) is 2.19. The molecule has 0 spiro atoms. The Bertz CT molecular complexity index is 328. The lowest BCUT2D eigenvalue weighted by Crippen LogP contribution is -2.29. The van der Waals surface area contributed by atoms with Crippen LogP contribution in [0.3, 0.4) is 0 Å². The molecule has 0 bridgehead atoms. The second-order valence-corrected chi connectivity index (χ2v) is 5.22. The Kier molecular flexibility index (Phi) is 5.06. The van der Waals surface area contributed by atoms with E-state index in [0.717, 1.165) is 21.5 Å². The molecule has 0 aliphatic heterocycles. The first-order valence-electron chi connectivity index (χ1n) is 4.96. The van der Waals surface area contributed by atoms with Gasteiger partial charge in [0.15, 0.2) is 0 Å². The Morgan fingerprint density at radius 3 is 2.67 bits per heavy atom. The van der Waals surface area contributed by atoms with Gasteiger partial charge in [0.05, 0.1) is 5.02 Å². The molecule has 0 amide bonds. The van der Waals surface area contributed by atoms with E-state index in [1.165, 1.54) is 0 Å². The van der Waals surface area contributed by atoms with Crippen LogP contribution in [0.4, 0.5) is 0 Å². The van der Waals surface area contributed by atoms with Gasteiger partial charge >= 0.3 is 0 Å². The molecular weight excluding hydrogens is 275 g/mol. The summed E-state index contributed by atoms with van der Waals surface area (Å²) < 4.78 is 0.908. The van der Waals surface area contributed by atoms with E-state index < -0.39 is 0 Å². The van der Waals surface area contributed by atoms with Gasteiger partial charge in [0.1, 0.15) is 0 Å². The van der Waals surface area contributed by atoms with Crippen LogP contribution in [0.2, 0.25) is 5.02 Å². The fraction of sp³-hybridized carbons (Fsp3) is 0.455. The number of hydrazine groups is 1. The third kappa shape index (κ3) is 3.45. The van der Waals surface area contributed by atoms with Gasteiger partial charge in [0.2, 0.25) is 0 Å². The van der Waals surface area contributed by atoms with E-state index in [4.69, 9.17) is 17.4 Å². The lowest BCUT2D eigenvalue weighted by atomic mass is 9.97. The number of hydrogen-bond donors (Lipinski definition) is 2. The lowest BCUT2D eigenvalue weighted by molar-refractivity contribution is 0.438. The number of hydrogen-bond acceptors (Lipinski definition) is 2. The summed E-state index contributed by atoms with van der Waals surface area (Å²) in [6.07, 6.45) is 0.965. The summed E-state index contributed by atoms with van der Waals surface area (Å²) in [6, 6.07) is 6.00. The van der Waals surface area contributed by atoms with Crippen molar-refractivity contribution >= 4 is 27.5 Å². The molecule has 1 rings (SSSR count). The quantitative estimate of drug-likeness (QED) is 0.656. The van der Waals surface area contributed by atoms with Crippen molar-refractivity contribution in [2.24, 2.45) is 11.8 Å². The largest absolute Gasteiger partial charge is 0.271 e. The normalized spacial score (nSPS) is 13.2. The summed E-state index contributed by atoms with van der Waals surface area (Å²) >= 11 is 9.62. The zero-order chi connectivity index (χ0) is 11.4. The molecule has 0 saturated heterocycles. The molecule has 1 unspecified atom stereocenters. The maximum absolute atomic E-state index is 6.21. The van der Waals surface area contributed by atoms with Gasteiger partial charge in [-0.2, -0.15) is 0 Å². The van der Waals surface area contributed by atoms with Gasteiger partial charge < -0.3 is 0 Å². The number of halogens is 2. The predicted molar refractivity (Wildman–Crippen MR) is 68.7 cm³/mol. The van der Waals surface area contributed by atoms with Crippen molar-refractivity contribution in [3.05, 3.63) is 33.3 Å². The van der Waals surface area contributed by atoms with Crippen molar-refractivity contribution < 1.29 is 0 Å². The monoisotopic (exact) mass is 290 g/mol.